The zero-order valence-electron chi connectivity index (χ0n) is 19.6. The van der Waals surface area contributed by atoms with Gasteiger partial charge in [0.15, 0.2) is 11.6 Å². The first-order chi connectivity index (χ1) is 17.2. The summed E-state index contributed by atoms with van der Waals surface area (Å²) < 4.78 is 5.55. The van der Waals surface area contributed by atoms with Crippen LogP contribution in [0.5, 0.6) is 11.5 Å². The minimum absolute atomic E-state index is 0.0728. The number of hydrogen-bond donors (Lipinski definition) is 5. The number of phenols is 1. The monoisotopic (exact) mass is 490 g/mol. The van der Waals surface area contributed by atoms with E-state index in [4.69, 9.17) is 16.2 Å². The predicted octanol–water partition coefficient (Wildman–Crippen LogP) is 2.44. The minimum Gasteiger partial charge on any atom is -0.511 e. The van der Waals surface area contributed by atoms with Crippen molar-refractivity contribution in [2.24, 2.45) is 29.2 Å². The highest BCUT2D eigenvalue weighted by atomic mass is 16.5. The number of allylic oxidation sites excluding steroid dienone is 2. The van der Waals surface area contributed by atoms with E-state index in [1.807, 2.05) is 12.1 Å². The summed E-state index contributed by atoms with van der Waals surface area (Å²) in [5.74, 6) is -5.01. The molecular weight excluding hydrogens is 464 g/mol. The molecule has 1 saturated carbocycles. The number of carbonyl (C=O) groups is 3. The number of nitrogens with two attached hydrogens (primary N) is 2. The number of amides is 1. The average molecular weight is 491 g/mol. The number of rotatable bonds is 4. The number of aliphatic hydroxyl groups excluding tert-OH is 2. The topological polar surface area (TPSA) is 173 Å². The first-order valence-corrected chi connectivity index (χ1v) is 11.6. The van der Waals surface area contributed by atoms with E-state index in [0.29, 0.717) is 36.3 Å². The number of hydrogen-bond acceptors (Lipinski definition) is 8. The third-order valence-electron chi connectivity index (χ3n) is 7.56. The molecule has 9 nitrogen and oxygen atoms in total. The molecule has 3 atom stereocenters. The third-order valence-corrected chi connectivity index (χ3v) is 7.56. The molecule has 0 aromatic heterocycles. The molecule has 0 bridgehead atoms. The summed E-state index contributed by atoms with van der Waals surface area (Å²) in [5.41, 5.74) is 13.7. The van der Waals surface area contributed by atoms with Crippen molar-refractivity contribution in [3.63, 3.8) is 0 Å². The van der Waals surface area contributed by atoms with Crippen LogP contribution in [0, 0.1) is 17.8 Å². The molecule has 3 aliphatic rings. The Kier molecular flexibility index (Phi) is 5.60. The number of methoxy groups -OCH3 is 1. The van der Waals surface area contributed by atoms with Crippen LogP contribution in [0.4, 0.5) is 0 Å². The summed E-state index contributed by atoms with van der Waals surface area (Å²) in [4.78, 5) is 37.8. The number of Topliss-reactive ketones (excluding diaryl/α,β-unsaturated/α-hetero) is 2. The summed E-state index contributed by atoms with van der Waals surface area (Å²) in [6.45, 7) is 0.311. The number of aromatic hydroxyl groups is 1. The molecule has 0 heterocycles. The van der Waals surface area contributed by atoms with Crippen molar-refractivity contribution in [1.82, 2.24) is 0 Å². The molecule has 0 radical (unpaired) electrons. The molecule has 36 heavy (non-hydrogen) atoms. The lowest BCUT2D eigenvalue weighted by Crippen LogP contribution is -2.44. The highest BCUT2D eigenvalue weighted by molar-refractivity contribution is 6.21. The molecule has 2 aromatic rings. The van der Waals surface area contributed by atoms with Crippen LogP contribution in [0.15, 0.2) is 47.2 Å². The summed E-state index contributed by atoms with van der Waals surface area (Å²) in [6, 6.07) is 8.71. The van der Waals surface area contributed by atoms with Gasteiger partial charge in [0, 0.05) is 24.1 Å². The second kappa shape index (κ2) is 8.53. The summed E-state index contributed by atoms with van der Waals surface area (Å²) in [7, 11) is 1.55. The van der Waals surface area contributed by atoms with Gasteiger partial charge in [0.05, 0.1) is 18.6 Å². The lowest BCUT2D eigenvalue weighted by atomic mass is 9.61. The van der Waals surface area contributed by atoms with Crippen LogP contribution >= 0.6 is 0 Å². The van der Waals surface area contributed by atoms with E-state index in [1.54, 1.807) is 19.2 Å². The zero-order valence-corrected chi connectivity index (χ0v) is 19.6. The maximum absolute atomic E-state index is 13.6. The number of fused-ring (bicyclic) bond motifs is 3. The van der Waals surface area contributed by atoms with Crippen molar-refractivity contribution in [3.05, 3.63) is 63.9 Å². The van der Waals surface area contributed by atoms with Gasteiger partial charge < -0.3 is 31.5 Å². The summed E-state index contributed by atoms with van der Waals surface area (Å²) >= 11 is 0. The van der Waals surface area contributed by atoms with Gasteiger partial charge in [-0.15, -0.1) is 0 Å². The van der Waals surface area contributed by atoms with E-state index >= 15 is 0 Å². The van der Waals surface area contributed by atoms with Crippen LogP contribution in [0.25, 0.3) is 16.9 Å². The molecule has 0 aliphatic heterocycles. The van der Waals surface area contributed by atoms with Gasteiger partial charge in [-0.2, -0.15) is 0 Å². The van der Waals surface area contributed by atoms with Crippen molar-refractivity contribution in [2.75, 3.05) is 7.11 Å². The number of ether oxygens (including phenoxy) is 1. The SMILES string of the molecule is COc1ccc(CN)cc1-c1ccc(O)c2c1C[C@H]1CC3CC(=O)C(C(N)=O)=C(O)C3C(=O)C1=C2O. The van der Waals surface area contributed by atoms with E-state index in [2.05, 4.69) is 0 Å². The Labute approximate surface area is 206 Å². The smallest absolute Gasteiger partial charge is 0.255 e. The van der Waals surface area contributed by atoms with Gasteiger partial charge in [-0.3, -0.25) is 14.4 Å². The van der Waals surface area contributed by atoms with Crippen LogP contribution in [0.2, 0.25) is 0 Å². The van der Waals surface area contributed by atoms with E-state index < -0.39 is 46.6 Å². The fourth-order valence-corrected chi connectivity index (χ4v) is 5.99. The van der Waals surface area contributed by atoms with Crippen LogP contribution < -0.4 is 16.2 Å². The van der Waals surface area contributed by atoms with Crippen LogP contribution in [-0.4, -0.2) is 39.9 Å². The minimum atomic E-state index is -1.15. The van der Waals surface area contributed by atoms with E-state index in [9.17, 15) is 29.7 Å². The van der Waals surface area contributed by atoms with Gasteiger partial charge in [0.25, 0.3) is 5.91 Å². The lowest BCUT2D eigenvalue weighted by molar-refractivity contribution is -0.127. The molecule has 9 heteroatoms. The molecule has 186 valence electrons. The van der Waals surface area contributed by atoms with Gasteiger partial charge in [-0.1, -0.05) is 12.1 Å². The quantitative estimate of drug-likeness (QED) is 0.406. The normalized spacial score (nSPS) is 23.2. The number of aliphatic hydroxyl groups is 2. The Morgan fingerprint density at radius 1 is 1.08 bits per heavy atom. The Morgan fingerprint density at radius 3 is 2.50 bits per heavy atom. The predicted molar refractivity (Wildman–Crippen MR) is 130 cm³/mol. The molecule has 1 amide bonds. The molecule has 7 N–H and O–H groups in total. The maximum atomic E-state index is 13.6. The van der Waals surface area contributed by atoms with Gasteiger partial charge in [0.1, 0.15) is 28.6 Å². The number of carbonyl (C=O) groups excluding carboxylic acids is 3. The molecule has 2 unspecified atom stereocenters. The Hall–Kier alpha value is -4.11. The average Bonchev–Trinajstić information content (AvgIpc) is 2.83. The Morgan fingerprint density at radius 2 is 1.83 bits per heavy atom. The second-order valence-corrected chi connectivity index (χ2v) is 9.48. The fourth-order valence-electron chi connectivity index (χ4n) is 5.99. The summed E-state index contributed by atoms with van der Waals surface area (Å²) in [5, 5.41) is 32.7. The van der Waals surface area contributed by atoms with Gasteiger partial charge in [0.2, 0.25) is 0 Å². The Balaban J connectivity index is 1.69. The first-order valence-electron chi connectivity index (χ1n) is 11.6. The molecule has 5 rings (SSSR count). The van der Waals surface area contributed by atoms with E-state index in [-0.39, 0.29) is 29.1 Å². The number of phenolic OH excluding ortho intramolecular Hbond substituents is 1. The number of primary amides is 1. The molecular formula is C27H26N2O7. The lowest BCUT2D eigenvalue weighted by Gasteiger charge is -2.41. The maximum Gasteiger partial charge on any atom is 0.255 e. The molecule has 0 saturated heterocycles. The zero-order chi connectivity index (χ0) is 25.9. The van der Waals surface area contributed by atoms with Gasteiger partial charge in [-0.25, -0.2) is 0 Å². The van der Waals surface area contributed by atoms with Crippen LogP contribution in [-0.2, 0) is 27.3 Å². The van der Waals surface area contributed by atoms with Gasteiger partial charge in [-0.05, 0) is 59.6 Å². The number of ketones is 2. The van der Waals surface area contributed by atoms with Crippen molar-refractivity contribution in [2.45, 2.75) is 25.8 Å². The van der Waals surface area contributed by atoms with Gasteiger partial charge >= 0.3 is 0 Å². The largest absolute Gasteiger partial charge is 0.511 e. The van der Waals surface area contributed by atoms with Crippen molar-refractivity contribution in [1.29, 1.82) is 0 Å². The highest BCUT2D eigenvalue weighted by Gasteiger charge is 2.51. The highest BCUT2D eigenvalue weighted by Crippen LogP contribution is 2.52. The first kappa shape index (κ1) is 23.6. The number of benzene rings is 2. The summed E-state index contributed by atoms with van der Waals surface area (Å²) in [6.07, 6.45) is 0.534. The second-order valence-electron chi connectivity index (χ2n) is 9.48. The fraction of sp³-hybridized carbons (Fsp3) is 0.296. The van der Waals surface area contributed by atoms with Crippen molar-refractivity contribution in [3.8, 4) is 22.6 Å². The van der Waals surface area contributed by atoms with E-state index in [1.165, 1.54) is 6.07 Å². The molecule has 1 fully saturated rings. The third kappa shape index (κ3) is 3.38. The van der Waals surface area contributed by atoms with E-state index in [0.717, 1.165) is 11.1 Å². The van der Waals surface area contributed by atoms with Crippen molar-refractivity contribution >= 4 is 23.2 Å². The molecule has 2 aromatic carbocycles. The standard InChI is InChI=1S/C27H26N2O7/c1-36-19-5-2-11(10-28)6-15(19)14-3-4-17(30)22-16(14)8-12-7-13-9-18(31)23(27(29)35)26(34)21(13)24(32)20(12)25(22)33/h2-6,12-13,21,30,33-34H,7-10,28H2,1H3,(H2,29,35)/t12-,13?,21?/m1/s1. The molecule has 0 spiro atoms. The molecule has 3 aliphatic carbocycles. The van der Waals surface area contributed by atoms with Crippen molar-refractivity contribution < 1.29 is 34.4 Å². The van der Waals surface area contributed by atoms with Crippen LogP contribution in [0.3, 0.4) is 0 Å². The van der Waals surface area contributed by atoms with Crippen LogP contribution in [0.1, 0.15) is 29.5 Å². The Bertz CT molecular complexity index is 1410.